The van der Waals surface area contributed by atoms with Gasteiger partial charge in [0.25, 0.3) is 0 Å². The number of aliphatic hydroxyl groups is 1. The van der Waals surface area contributed by atoms with Crippen molar-refractivity contribution in [3.63, 3.8) is 0 Å². The molecule has 0 saturated carbocycles. The normalized spacial score (nSPS) is 14.2. The summed E-state index contributed by atoms with van der Waals surface area (Å²) in [7, 11) is 0. The quantitative estimate of drug-likeness (QED) is 0.759. The van der Waals surface area contributed by atoms with E-state index in [1.165, 1.54) is 0 Å². The topological polar surface area (TPSA) is 66.5 Å². The van der Waals surface area contributed by atoms with Crippen molar-refractivity contribution in [3.05, 3.63) is 26.6 Å². The van der Waals surface area contributed by atoms with E-state index in [4.69, 9.17) is 5.73 Å². The number of hydrogen-bond donors (Lipinski definition) is 3. The molecule has 0 fully saturated rings. The van der Waals surface area contributed by atoms with Crippen molar-refractivity contribution in [2.24, 2.45) is 5.73 Å². The van der Waals surface area contributed by atoms with Crippen molar-refractivity contribution in [3.8, 4) is 5.75 Å². The Hall–Kier alpha value is 0.190. The van der Waals surface area contributed by atoms with Gasteiger partial charge in [0, 0.05) is 10.0 Å². The molecule has 1 rings (SSSR count). The summed E-state index contributed by atoms with van der Waals surface area (Å²) in [6, 6.07) is 2.81. The van der Waals surface area contributed by atoms with E-state index in [1.807, 2.05) is 0 Å². The van der Waals surface area contributed by atoms with Crippen LogP contribution < -0.4 is 5.73 Å². The van der Waals surface area contributed by atoms with Crippen LogP contribution in [0.4, 0.5) is 0 Å². The Morgan fingerprint density at radius 1 is 1.33 bits per heavy atom. The third kappa shape index (κ3) is 3.60. The molecule has 0 saturated heterocycles. The minimum absolute atomic E-state index is 0. The third-order valence-electron chi connectivity index (χ3n) is 1.94. The van der Waals surface area contributed by atoms with Crippen LogP contribution in [0.3, 0.4) is 0 Å². The van der Waals surface area contributed by atoms with Crippen molar-refractivity contribution in [1.29, 1.82) is 0 Å². The van der Waals surface area contributed by atoms with Gasteiger partial charge in [-0.15, -0.1) is 12.4 Å². The average Bonchev–Trinajstić information content (AvgIpc) is 2.09. The number of aliphatic hydroxyl groups excluding tert-OH is 1. The number of rotatable bonds is 2. The zero-order valence-corrected chi connectivity index (χ0v) is 11.9. The summed E-state index contributed by atoms with van der Waals surface area (Å²) in [6.45, 7) is 1.58. The lowest BCUT2D eigenvalue weighted by molar-refractivity contribution is 0.162. The van der Waals surface area contributed by atoms with Gasteiger partial charge in [-0.05, 0) is 35.0 Å². The molecule has 15 heavy (non-hydrogen) atoms. The number of benzene rings is 1. The number of aromatic hydroxyl groups is 1. The first-order chi connectivity index (χ1) is 6.43. The lowest BCUT2D eigenvalue weighted by Crippen LogP contribution is -2.23. The van der Waals surface area contributed by atoms with Crippen LogP contribution in [0.5, 0.6) is 5.75 Å². The van der Waals surface area contributed by atoms with Gasteiger partial charge in [-0.1, -0.05) is 15.9 Å². The first-order valence-corrected chi connectivity index (χ1v) is 5.63. The molecule has 0 radical (unpaired) electrons. The highest BCUT2D eigenvalue weighted by Gasteiger charge is 2.18. The van der Waals surface area contributed by atoms with Crippen molar-refractivity contribution in [1.82, 2.24) is 0 Å². The Balaban J connectivity index is 0.00000196. The van der Waals surface area contributed by atoms with Gasteiger partial charge in [0.05, 0.1) is 16.6 Å². The number of phenols is 1. The second-order valence-electron chi connectivity index (χ2n) is 3.09. The SMILES string of the molecule is C[C@H](O)[C@H](N)c1cc(Br)cc(Br)c1O.Cl. The first kappa shape index (κ1) is 15.2. The molecule has 1 aromatic rings. The van der Waals surface area contributed by atoms with Gasteiger partial charge >= 0.3 is 0 Å². The average molecular weight is 361 g/mol. The van der Waals surface area contributed by atoms with E-state index in [1.54, 1.807) is 19.1 Å². The molecule has 0 aliphatic heterocycles. The molecule has 0 heterocycles. The zero-order valence-electron chi connectivity index (χ0n) is 7.95. The summed E-state index contributed by atoms with van der Waals surface area (Å²) in [5.41, 5.74) is 6.24. The molecule has 0 bridgehead atoms. The zero-order chi connectivity index (χ0) is 10.9. The van der Waals surface area contributed by atoms with Crippen LogP contribution >= 0.6 is 44.3 Å². The van der Waals surface area contributed by atoms with Crippen LogP contribution in [-0.4, -0.2) is 16.3 Å². The predicted octanol–water partition coefficient (Wildman–Crippen LogP) is 2.72. The van der Waals surface area contributed by atoms with E-state index in [-0.39, 0.29) is 18.2 Å². The monoisotopic (exact) mass is 359 g/mol. The van der Waals surface area contributed by atoms with Crippen molar-refractivity contribution >= 4 is 44.3 Å². The van der Waals surface area contributed by atoms with Gasteiger partial charge in [-0.2, -0.15) is 0 Å². The molecule has 1 aromatic carbocycles. The second-order valence-corrected chi connectivity index (χ2v) is 4.86. The number of phenolic OH excluding ortho intramolecular Hbond substituents is 1. The molecular weight excluding hydrogens is 349 g/mol. The van der Waals surface area contributed by atoms with Crippen molar-refractivity contribution in [2.75, 3.05) is 0 Å². The molecular formula is C9H12Br2ClNO2. The molecule has 4 N–H and O–H groups in total. The van der Waals surface area contributed by atoms with Crippen LogP contribution in [0.25, 0.3) is 0 Å². The Morgan fingerprint density at radius 2 is 1.87 bits per heavy atom. The maximum absolute atomic E-state index is 9.68. The fourth-order valence-electron chi connectivity index (χ4n) is 1.10. The molecule has 86 valence electrons. The summed E-state index contributed by atoms with van der Waals surface area (Å²) in [5.74, 6) is 0.0709. The van der Waals surface area contributed by atoms with Gasteiger partial charge in [0.2, 0.25) is 0 Å². The second kappa shape index (κ2) is 6.06. The standard InChI is InChI=1S/C9H11Br2NO2.ClH/c1-4(13)8(12)6-2-5(10)3-7(11)9(6)14;/h2-4,8,13-14H,12H2,1H3;1H/t4-,8-;/m0./s1. The summed E-state index contributed by atoms with van der Waals surface area (Å²) < 4.78 is 1.35. The molecule has 0 unspecified atom stereocenters. The summed E-state index contributed by atoms with van der Waals surface area (Å²) in [6.07, 6.45) is -0.706. The summed E-state index contributed by atoms with van der Waals surface area (Å²) in [5, 5.41) is 19.0. The minimum atomic E-state index is -0.706. The Labute approximate surface area is 111 Å². The van der Waals surface area contributed by atoms with Gasteiger partial charge in [-0.3, -0.25) is 0 Å². The van der Waals surface area contributed by atoms with E-state index in [2.05, 4.69) is 31.9 Å². The van der Waals surface area contributed by atoms with Gasteiger partial charge in [0.15, 0.2) is 0 Å². The fraction of sp³-hybridized carbons (Fsp3) is 0.333. The van der Waals surface area contributed by atoms with Crippen LogP contribution in [0, 0.1) is 0 Å². The van der Waals surface area contributed by atoms with Gasteiger partial charge in [-0.25, -0.2) is 0 Å². The highest BCUT2D eigenvalue weighted by atomic mass is 79.9. The lowest BCUT2D eigenvalue weighted by Gasteiger charge is -2.17. The maximum Gasteiger partial charge on any atom is 0.134 e. The highest BCUT2D eigenvalue weighted by molar-refractivity contribution is 9.11. The van der Waals surface area contributed by atoms with Gasteiger partial charge in [0.1, 0.15) is 5.75 Å². The van der Waals surface area contributed by atoms with Crippen LogP contribution in [0.1, 0.15) is 18.5 Å². The molecule has 0 aromatic heterocycles. The minimum Gasteiger partial charge on any atom is -0.506 e. The summed E-state index contributed by atoms with van der Waals surface area (Å²) >= 11 is 6.48. The van der Waals surface area contributed by atoms with E-state index in [0.717, 1.165) is 4.47 Å². The molecule has 0 spiro atoms. The predicted molar refractivity (Wildman–Crippen MR) is 69.4 cm³/mol. The maximum atomic E-state index is 9.68. The molecule has 3 nitrogen and oxygen atoms in total. The molecule has 0 aliphatic rings. The van der Waals surface area contributed by atoms with E-state index >= 15 is 0 Å². The molecule has 0 amide bonds. The number of halogens is 3. The lowest BCUT2D eigenvalue weighted by atomic mass is 10.0. The molecule has 0 aliphatic carbocycles. The molecule has 6 heteroatoms. The summed E-state index contributed by atoms with van der Waals surface area (Å²) in [4.78, 5) is 0. The van der Waals surface area contributed by atoms with Gasteiger partial charge < -0.3 is 15.9 Å². The largest absolute Gasteiger partial charge is 0.506 e. The Kier molecular flexibility index (Phi) is 6.13. The number of hydrogen-bond acceptors (Lipinski definition) is 3. The van der Waals surface area contributed by atoms with Crippen LogP contribution in [0.2, 0.25) is 0 Å². The van der Waals surface area contributed by atoms with E-state index in [9.17, 15) is 10.2 Å². The Morgan fingerprint density at radius 3 is 2.33 bits per heavy atom. The smallest absolute Gasteiger partial charge is 0.134 e. The van der Waals surface area contributed by atoms with E-state index < -0.39 is 12.1 Å². The fourth-order valence-corrected chi connectivity index (χ4v) is 2.36. The van der Waals surface area contributed by atoms with E-state index in [0.29, 0.717) is 10.0 Å². The van der Waals surface area contributed by atoms with Crippen LogP contribution in [-0.2, 0) is 0 Å². The first-order valence-electron chi connectivity index (χ1n) is 4.05. The third-order valence-corrected chi connectivity index (χ3v) is 3.00. The van der Waals surface area contributed by atoms with Crippen molar-refractivity contribution in [2.45, 2.75) is 19.1 Å². The highest BCUT2D eigenvalue weighted by Crippen LogP contribution is 2.35. The Bertz CT molecular complexity index is 347. The number of nitrogens with two attached hydrogens (primary N) is 1. The molecule has 2 atom stereocenters. The van der Waals surface area contributed by atoms with Crippen molar-refractivity contribution < 1.29 is 10.2 Å². The van der Waals surface area contributed by atoms with Crippen LogP contribution in [0.15, 0.2) is 21.1 Å².